The summed E-state index contributed by atoms with van der Waals surface area (Å²) >= 11 is 0. The van der Waals surface area contributed by atoms with Crippen molar-refractivity contribution in [1.82, 2.24) is 9.97 Å². The van der Waals surface area contributed by atoms with Gasteiger partial charge in [-0.3, -0.25) is 0 Å². The zero-order chi connectivity index (χ0) is 30.7. The molecule has 0 N–H and O–H groups in total. The minimum absolute atomic E-state index is 0.590. The van der Waals surface area contributed by atoms with Crippen LogP contribution in [-0.2, 0) is 0 Å². The summed E-state index contributed by atoms with van der Waals surface area (Å²) in [4.78, 5) is 9.89. The molecule has 0 saturated carbocycles. The normalized spacial score (nSPS) is 11.0. The lowest BCUT2D eigenvalue weighted by Crippen LogP contribution is -1.84. The molecule has 0 radical (unpaired) electrons. The highest BCUT2D eigenvalue weighted by Crippen LogP contribution is 2.38. The molecule has 0 aliphatic heterocycles. The van der Waals surface area contributed by atoms with Gasteiger partial charge in [0.15, 0.2) is 11.5 Å². The molecule has 0 aliphatic rings. The molecule has 4 nitrogen and oxygen atoms in total. The monoisotopic (exact) mass is 592 g/mol. The molecule has 8 aromatic rings. The van der Waals surface area contributed by atoms with Crippen LogP contribution in [0.1, 0.15) is 0 Å². The first-order valence-corrected chi connectivity index (χ1v) is 15.2. The first kappa shape index (κ1) is 27.3. The van der Waals surface area contributed by atoms with Crippen LogP contribution in [0.5, 0.6) is 0 Å². The van der Waals surface area contributed by atoms with Gasteiger partial charge in [-0.25, -0.2) is 9.97 Å². The molecule has 4 heteroatoms. The van der Waals surface area contributed by atoms with E-state index in [4.69, 9.17) is 18.8 Å². The molecule has 0 amide bonds. The van der Waals surface area contributed by atoms with Gasteiger partial charge in [-0.15, -0.1) is 0 Å². The van der Waals surface area contributed by atoms with Crippen LogP contribution in [-0.4, -0.2) is 9.97 Å². The fraction of sp³-hybridized carbons (Fsp3) is 0. The Morgan fingerprint density at radius 1 is 0.261 bits per heavy atom. The van der Waals surface area contributed by atoms with Gasteiger partial charge < -0.3 is 8.83 Å². The summed E-state index contributed by atoms with van der Waals surface area (Å²) in [5, 5.41) is 0. The van der Waals surface area contributed by atoms with Gasteiger partial charge in [0.2, 0.25) is 11.8 Å². The van der Waals surface area contributed by atoms with Gasteiger partial charge in [-0.05, 0) is 35.4 Å². The zero-order valence-electron chi connectivity index (χ0n) is 24.9. The largest absolute Gasteiger partial charge is 0.435 e. The molecule has 0 unspecified atom stereocenters. The van der Waals surface area contributed by atoms with Crippen molar-refractivity contribution in [1.29, 1.82) is 0 Å². The number of oxazole rings is 2. The van der Waals surface area contributed by atoms with E-state index in [9.17, 15) is 0 Å². The van der Waals surface area contributed by atoms with Gasteiger partial charge in [0, 0.05) is 33.4 Å². The molecule has 218 valence electrons. The Morgan fingerprint density at radius 2 is 0.543 bits per heavy atom. The standard InChI is InChI=1S/C42H28N2O2/c1-5-13-31(14-6-1)37-39(33-17-9-3-10-18-33)45-41(43-37)35-25-21-29(22-26-35)30-23-27-36(28-24-30)42-44-38(32-15-7-2-8-16-32)40(46-42)34-19-11-4-12-20-34/h1-28H. The fourth-order valence-corrected chi connectivity index (χ4v) is 5.65. The van der Waals surface area contributed by atoms with Crippen LogP contribution in [0, 0.1) is 0 Å². The van der Waals surface area contributed by atoms with E-state index in [1.54, 1.807) is 0 Å². The Hall–Kier alpha value is -6.26. The first-order valence-electron chi connectivity index (χ1n) is 15.2. The molecule has 0 fully saturated rings. The third-order valence-electron chi connectivity index (χ3n) is 8.02. The van der Waals surface area contributed by atoms with E-state index >= 15 is 0 Å². The van der Waals surface area contributed by atoms with E-state index in [0.717, 1.165) is 67.4 Å². The smallest absolute Gasteiger partial charge is 0.227 e. The lowest BCUT2D eigenvalue weighted by Gasteiger charge is -2.04. The molecule has 0 saturated heterocycles. The van der Waals surface area contributed by atoms with Crippen LogP contribution in [0.25, 0.3) is 79.2 Å². The van der Waals surface area contributed by atoms with E-state index in [1.807, 2.05) is 97.1 Å². The number of benzene rings is 6. The molecule has 0 atom stereocenters. The predicted octanol–water partition coefficient (Wildman–Crippen LogP) is 11.3. The van der Waals surface area contributed by atoms with E-state index in [2.05, 4.69) is 72.8 Å². The third kappa shape index (κ3) is 5.33. The highest BCUT2D eigenvalue weighted by molar-refractivity contribution is 5.81. The maximum absolute atomic E-state index is 6.40. The van der Waals surface area contributed by atoms with Crippen molar-refractivity contribution in [2.45, 2.75) is 0 Å². The lowest BCUT2D eigenvalue weighted by molar-refractivity contribution is 0.589. The minimum Gasteiger partial charge on any atom is -0.435 e. The van der Waals surface area contributed by atoms with Crippen LogP contribution in [0.4, 0.5) is 0 Å². The van der Waals surface area contributed by atoms with Gasteiger partial charge >= 0.3 is 0 Å². The summed E-state index contributed by atoms with van der Waals surface area (Å²) in [6.45, 7) is 0. The van der Waals surface area contributed by atoms with Crippen LogP contribution < -0.4 is 0 Å². The van der Waals surface area contributed by atoms with Crippen molar-refractivity contribution in [3.05, 3.63) is 170 Å². The highest BCUT2D eigenvalue weighted by atomic mass is 16.4. The topological polar surface area (TPSA) is 52.1 Å². The molecule has 2 aromatic heterocycles. The van der Waals surface area contributed by atoms with Crippen molar-refractivity contribution in [2.75, 3.05) is 0 Å². The molecule has 0 bridgehead atoms. The van der Waals surface area contributed by atoms with E-state index < -0.39 is 0 Å². The third-order valence-corrected chi connectivity index (χ3v) is 8.02. The molecule has 0 spiro atoms. The summed E-state index contributed by atoms with van der Waals surface area (Å²) in [5.41, 5.74) is 9.72. The Balaban J connectivity index is 1.09. The van der Waals surface area contributed by atoms with Gasteiger partial charge in [-0.2, -0.15) is 0 Å². The van der Waals surface area contributed by atoms with Gasteiger partial charge in [0.1, 0.15) is 11.4 Å². The van der Waals surface area contributed by atoms with E-state index in [-0.39, 0.29) is 0 Å². The van der Waals surface area contributed by atoms with Gasteiger partial charge in [0.05, 0.1) is 0 Å². The summed E-state index contributed by atoms with van der Waals surface area (Å²) < 4.78 is 12.8. The quantitative estimate of drug-likeness (QED) is 0.185. The maximum Gasteiger partial charge on any atom is 0.227 e. The average molecular weight is 593 g/mol. The summed E-state index contributed by atoms with van der Waals surface area (Å²) in [6.07, 6.45) is 0. The number of nitrogens with zero attached hydrogens (tertiary/aromatic N) is 2. The van der Waals surface area contributed by atoms with Crippen molar-refractivity contribution in [3.63, 3.8) is 0 Å². The SMILES string of the molecule is c1ccc(-c2nc(-c3ccc(-c4ccc(-c5nc(-c6ccccc6)c(-c6ccccc6)o5)cc4)cc3)oc2-c2ccccc2)cc1. The molecule has 8 rings (SSSR count). The second-order valence-corrected chi connectivity index (χ2v) is 11.0. The fourth-order valence-electron chi connectivity index (χ4n) is 5.65. The Morgan fingerprint density at radius 3 is 0.870 bits per heavy atom. The molecule has 0 aliphatic carbocycles. The second-order valence-electron chi connectivity index (χ2n) is 11.0. The van der Waals surface area contributed by atoms with Crippen LogP contribution >= 0.6 is 0 Å². The molecule has 6 aromatic carbocycles. The maximum atomic E-state index is 6.40. The van der Waals surface area contributed by atoms with Crippen molar-refractivity contribution in [3.8, 4) is 79.2 Å². The Bertz CT molecular complexity index is 1930. The van der Waals surface area contributed by atoms with E-state index in [1.165, 1.54) is 0 Å². The molecule has 46 heavy (non-hydrogen) atoms. The van der Waals surface area contributed by atoms with Crippen molar-refractivity contribution < 1.29 is 8.83 Å². The molecular formula is C42H28N2O2. The highest BCUT2D eigenvalue weighted by Gasteiger charge is 2.19. The molecular weight excluding hydrogens is 564 g/mol. The summed E-state index contributed by atoms with van der Waals surface area (Å²) in [6, 6.07) is 57.2. The number of hydrogen-bond donors (Lipinski definition) is 0. The van der Waals surface area contributed by atoms with Crippen LogP contribution in [0.3, 0.4) is 0 Å². The van der Waals surface area contributed by atoms with Crippen molar-refractivity contribution >= 4 is 0 Å². The summed E-state index contributed by atoms with van der Waals surface area (Å²) in [5.74, 6) is 2.71. The van der Waals surface area contributed by atoms with Gasteiger partial charge in [-0.1, -0.05) is 146 Å². The first-order chi connectivity index (χ1) is 22.8. The van der Waals surface area contributed by atoms with Crippen LogP contribution in [0.2, 0.25) is 0 Å². The Kier molecular flexibility index (Phi) is 7.14. The number of hydrogen-bond acceptors (Lipinski definition) is 4. The van der Waals surface area contributed by atoms with Crippen LogP contribution in [0.15, 0.2) is 179 Å². The lowest BCUT2D eigenvalue weighted by atomic mass is 10.0. The number of aromatic nitrogens is 2. The minimum atomic E-state index is 0.590. The second kappa shape index (κ2) is 12.0. The van der Waals surface area contributed by atoms with Gasteiger partial charge in [0.25, 0.3) is 0 Å². The summed E-state index contributed by atoms with van der Waals surface area (Å²) in [7, 11) is 0. The van der Waals surface area contributed by atoms with Crippen molar-refractivity contribution in [2.24, 2.45) is 0 Å². The number of rotatable bonds is 7. The molecule has 2 heterocycles. The zero-order valence-corrected chi connectivity index (χ0v) is 24.9. The predicted molar refractivity (Wildman–Crippen MR) is 185 cm³/mol. The average Bonchev–Trinajstić information content (AvgIpc) is 3.80. The Labute approximate surface area is 267 Å². The van der Waals surface area contributed by atoms with E-state index in [0.29, 0.717) is 11.8 Å².